The minimum atomic E-state index is -0.899. The summed E-state index contributed by atoms with van der Waals surface area (Å²) in [5, 5.41) is 2.96. The van der Waals surface area contributed by atoms with E-state index < -0.39 is 17.7 Å². The highest BCUT2D eigenvalue weighted by Gasteiger charge is 2.36. The quantitative estimate of drug-likeness (QED) is 0.911. The molecule has 114 valence electrons. The van der Waals surface area contributed by atoms with Gasteiger partial charge in [-0.15, -0.1) is 0 Å². The van der Waals surface area contributed by atoms with E-state index in [2.05, 4.69) is 12.2 Å². The highest BCUT2D eigenvalue weighted by Crippen LogP contribution is 2.30. The summed E-state index contributed by atoms with van der Waals surface area (Å²) in [5.74, 6) is -1.24. The molecule has 1 saturated carbocycles. The molecule has 2 fully saturated rings. The number of carbonyl (C=O) groups excluding carboxylic acids is 1. The molecule has 1 saturated heterocycles. The molecule has 21 heavy (non-hydrogen) atoms. The van der Waals surface area contributed by atoms with Crippen molar-refractivity contribution >= 4 is 6.03 Å². The van der Waals surface area contributed by atoms with Gasteiger partial charge in [-0.05, 0) is 30.0 Å². The average molecular weight is 296 g/mol. The monoisotopic (exact) mass is 296 g/mol. The Balaban J connectivity index is 1.64. The van der Waals surface area contributed by atoms with E-state index in [1.54, 1.807) is 4.90 Å². The van der Waals surface area contributed by atoms with Crippen molar-refractivity contribution in [3.05, 3.63) is 35.4 Å². The fraction of sp³-hybridized carbons (Fsp3) is 0.533. The molecule has 6 heteroatoms. The molecular formula is C15H18F2N2O2. The first-order valence-electron chi connectivity index (χ1n) is 7.16. The van der Waals surface area contributed by atoms with Crippen molar-refractivity contribution < 1.29 is 18.3 Å². The van der Waals surface area contributed by atoms with Gasteiger partial charge in [0.1, 0.15) is 6.10 Å². The molecule has 3 atom stereocenters. The molecule has 1 N–H and O–H groups in total. The van der Waals surface area contributed by atoms with Gasteiger partial charge in [0, 0.05) is 12.6 Å². The molecule has 0 radical (unpaired) electrons. The Morgan fingerprint density at radius 2 is 2.14 bits per heavy atom. The Kier molecular flexibility index (Phi) is 3.80. The summed E-state index contributed by atoms with van der Waals surface area (Å²) >= 11 is 0. The first-order chi connectivity index (χ1) is 10.0. The number of halogens is 2. The first-order valence-corrected chi connectivity index (χ1v) is 7.16. The third-order valence-corrected chi connectivity index (χ3v) is 4.09. The predicted octanol–water partition coefficient (Wildman–Crippen LogP) is 2.46. The van der Waals surface area contributed by atoms with Gasteiger partial charge in [-0.3, -0.25) is 0 Å². The molecule has 1 aromatic rings. The van der Waals surface area contributed by atoms with Crippen LogP contribution in [0.4, 0.5) is 13.6 Å². The molecule has 1 aliphatic heterocycles. The average Bonchev–Trinajstić information content (AvgIpc) is 3.17. The number of amides is 2. The highest BCUT2D eigenvalue weighted by molar-refractivity contribution is 5.75. The maximum Gasteiger partial charge on any atom is 0.317 e. The molecule has 0 unspecified atom stereocenters. The minimum absolute atomic E-state index is 0.111. The molecule has 2 amide bonds. The van der Waals surface area contributed by atoms with Crippen molar-refractivity contribution in [2.24, 2.45) is 5.92 Å². The van der Waals surface area contributed by atoms with E-state index in [0.717, 1.165) is 18.6 Å². The van der Waals surface area contributed by atoms with Gasteiger partial charge >= 0.3 is 6.03 Å². The lowest BCUT2D eigenvalue weighted by molar-refractivity contribution is -0.0156. The van der Waals surface area contributed by atoms with Gasteiger partial charge in [-0.25, -0.2) is 13.6 Å². The third-order valence-electron chi connectivity index (χ3n) is 4.09. The van der Waals surface area contributed by atoms with Gasteiger partial charge in [0.05, 0.1) is 13.2 Å². The molecule has 1 aromatic carbocycles. The zero-order chi connectivity index (χ0) is 15.0. The van der Waals surface area contributed by atoms with E-state index in [4.69, 9.17) is 4.74 Å². The van der Waals surface area contributed by atoms with Crippen molar-refractivity contribution in [3.8, 4) is 0 Å². The van der Waals surface area contributed by atoms with Crippen LogP contribution in [0.25, 0.3) is 0 Å². The standard InChI is InChI=1S/C15H18F2N2O2/c1-9-6-13(9)18-15(20)19-4-5-21-14(8-19)10-2-3-11(16)12(17)7-10/h2-3,7,9,13-14H,4-6,8H2,1H3,(H,18,20)/t9-,13-,14-/m1/s1. The molecule has 3 rings (SSSR count). The molecule has 1 heterocycles. The second-order valence-electron chi connectivity index (χ2n) is 5.75. The van der Waals surface area contributed by atoms with Crippen LogP contribution in [0.15, 0.2) is 18.2 Å². The fourth-order valence-electron chi connectivity index (χ4n) is 2.52. The van der Waals surface area contributed by atoms with Crippen LogP contribution >= 0.6 is 0 Å². The van der Waals surface area contributed by atoms with Gasteiger partial charge in [0.15, 0.2) is 11.6 Å². The van der Waals surface area contributed by atoms with Crippen molar-refractivity contribution in [3.63, 3.8) is 0 Å². The van der Waals surface area contributed by atoms with Gasteiger partial charge in [0.2, 0.25) is 0 Å². The van der Waals surface area contributed by atoms with E-state index in [9.17, 15) is 13.6 Å². The van der Waals surface area contributed by atoms with Crippen LogP contribution in [0.1, 0.15) is 25.0 Å². The lowest BCUT2D eigenvalue weighted by atomic mass is 10.1. The van der Waals surface area contributed by atoms with E-state index in [1.165, 1.54) is 6.07 Å². The number of carbonyl (C=O) groups is 1. The fourth-order valence-corrected chi connectivity index (χ4v) is 2.52. The van der Waals surface area contributed by atoms with Crippen molar-refractivity contribution in [2.45, 2.75) is 25.5 Å². The number of ether oxygens (including phenoxy) is 1. The first kappa shape index (κ1) is 14.3. The largest absolute Gasteiger partial charge is 0.370 e. The molecule has 0 spiro atoms. The summed E-state index contributed by atoms with van der Waals surface area (Å²) in [6, 6.07) is 3.86. The SMILES string of the molecule is C[C@@H]1C[C@H]1NC(=O)N1CCO[C@@H](c2ccc(F)c(F)c2)C1. The third kappa shape index (κ3) is 3.15. The van der Waals surface area contributed by atoms with Crippen LogP contribution in [0.5, 0.6) is 0 Å². The van der Waals surface area contributed by atoms with E-state index >= 15 is 0 Å². The van der Waals surface area contributed by atoms with Crippen LogP contribution in [0, 0.1) is 17.6 Å². The number of morpholine rings is 1. The van der Waals surface area contributed by atoms with E-state index in [-0.39, 0.29) is 12.1 Å². The summed E-state index contributed by atoms with van der Waals surface area (Å²) in [6.45, 7) is 3.33. The smallest absolute Gasteiger partial charge is 0.317 e. The van der Waals surface area contributed by atoms with Crippen LogP contribution < -0.4 is 5.32 Å². The number of benzene rings is 1. The highest BCUT2D eigenvalue weighted by atomic mass is 19.2. The lowest BCUT2D eigenvalue weighted by Gasteiger charge is -2.33. The Hall–Kier alpha value is -1.69. The van der Waals surface area contributed by atoms with Crippen molar-refractivity contribution in [1.29, 1.82) is 0 Å². The number of rotatable bonds is 2. The van der Waals surface area contributed by atoms with Crippen molar-refractivity contribution in [2.75, 3.05) is 19.7 Å². The zero-order valence-electron chi connectivity index (χ0n) is 11.8. The van der Waals surface area contributed by atoms with Crippen LogP contribution in [-0.4, -0.2) is 36.7 Å². The van der Waals surface area contributed by atoms with Gasteiger partial charge in [0.25, 0.3) is 0 Å². The lowest BCUT2D eigenvalue weighted by Crippen LogP contribution is -2.48. The van der Waals surface area contributed by atoms with Crippen LogP contribution in [0.3, 0.4) is 0 Å². The number of hydrogen-bond donors (Lipinski definition) is 1. The summed E-state index contributed by atoms with van der Waals surface area (Å²) in [5.41, 5.74) is 0.547. The van der Waals surface area contributed by atoms with Crippen molar-refractivity contribution in [1.82, 2.24) is 10.2 Å². The summed E-state index contributed by atoms with van der Waals surface area (Å²) < 4.78 is 31.8. The number of urea groups is 1. The number of nitrogens with zero attached hydrogens (tertiary/aromatic N) is 1. The normalized spacial score (nSPS) is 28.3. The van der Waals surface area contributed by atoms with Crippen LogP contribution in [0.2, 0.25) is 0 Å². The Morgan fingerprint density at radius 1 is 1.38 bits per heavy atom. The second-order valence-corrected chi connectivity index (χ2v) is 5.75. The Bertz CT molecular complexity index is 552. The molecule has 2 aliphatic rings. The Morgan fingerprint density at radius 3 is 2.81 bits per heavy atom. The topological polar surface area (TPSA) is 41.6 Å². The van der Waals surface area contributed by atoms with Gasteiger partial charge in [-0.1, -0.05) is 13.0 Å². The summed E-state index contributed by atoms with van der Waals surface area (Å²) in [7, 11) is 0. The molecule has 0 aromatic heterocycles. The maximum absolute atomic E-state index is 13.3. The molecule has 1 aliphatic carbocycles. The van der Waals surface area contributed by atoms with Gasteiger partial charge in [-0.2, -0.15) is 0 Å². The van der Waals surface area contributed by atoms with Crippen LogP contribution in [-0.2, 0) is 4.74 Å². The zero-order valence-corrected chi connectivity index (χ0v) is 11.8. The Labute approximate surface area is 122 Å². The maximum atomic E-state index is 13.3. The number of hydrogen-bond acceptors (Lipinski definition) is 2. The van der Waals surface area contributed by atoms with Gasteiger partial charge < -0.3 is 15.0 Å². The molecule has 4 nitrogen and oxygen atoms in total. The predicted molar refractivity (Wildman–Crippen MR) is 72.7 cm³/mol. The van der Waals surface area contributed by atoms with E-state index in [0.29, 0.717) is 31.2 Å². The second kappa shape index (κ2) is 5.60. The molecule has 0 bridgehead atoms. The number of nitrogens with one attached hydrogen (secondary N) is 1. The summed E-state index contributed by atoms with van der Waals surface area (Å²) in [6.07, 6.45) is 0.596. The molecular weight excluding hydrogens is 278 g/mol. The minimum Gasteiger partial charge on any atom is -0.370 e. The summed E-state index contributed by atoms with van der Waals surface area (Å²) in [4.78, 5) is 13.8. The van der Waals surface area contributed by atoms with E-state index in [1.807, 2.05) is 0 Å².